The molecule has 3 N–H and O–H groups in total. The molecule has 1 fully saturated rings. The minimum absolute atomic E-state index is 0.0935. The average Bonchev–Trinajstić information content (AvgIpc) is 3.49. The second-order valence-corrected chi connectivity index (χ2v) is 8.32. The third-order valence-electron chi connectivity index (χ3n) is 5.35. The van der Waals surface area contributed by atoms with E-state index in [9.17, 15) is 4.79 Å². The third-order valence-corrected chi connectivity index (χ3v) is 5.95. The van der Waals surface area contributed by atoms with Crippen LogP contribution in [0.3, 0.4) is 0 Å². The largest absolute Gasteiger partial charge is 0.380 e. The molecule has 1 saturated heterocycles. The molecule has 1 aliphatic rings. The molecule has 164 valence electrons. The lowest BCUT2D eigenvalue weighted by Crippen LogP contribution is -2.37. The number of pyridine rings is 1. The Labute approximate surface area is 192 Å². The van der Waals surface area contributed by atoms with Crippen molar-refractivity contribution in [2.45, 2.75) is 19.4 Å². The van der Waals surface area contributed by atoms with E-state index in [0.717, 1.165) is 12.1 Å². The van der Waals surface area contributed by atoms with Gasteiger partial charge in [0, 0.05) is 25.3 Å². The highest BCUT2D eigenvalue weighted by molar-refractivity contribution is 6.36. The van der Waals surface area contributed by atoms with Crippen LogP contribution in [0.15, 0.2) is 35.2 Å². The zero-order valence-corrected chi connectivity index (χ0v) is 18.4. The number of hydrogen-bond donors (Lipinski definition) is 2. The first-order chi connectivity index (χ1) is 15.4. The lowest BCUT2D eigenvalue weighted by molar-refractivity contribution is 0.0940. The summed E-state index contributed by atoms with van der Waals surface area (Å²) >= 11 is 12.6. The maximum absolute atomic E-state index is 12.8. The highest BCUT2D eigenvalue weighted by atomic mass is 35.5. The molecule has 0 spiro atoms. The Bertz CT molecular complexity index is 1330. The van der Waals surface area contributed by atoms with Crippen molar-refractivity contribution >= 4 is 51.7 Å². The predicted molar refractivity (Wildman–Crippen MR) is 120 cm³/mol. The molecule has 4 aromatic rings. The van der Waals surface area contributed by atoms with Gasteiger partial charge in [0.05, 0.1) is 26.7 Å². The number of fused-ring (bicyclic) bond motifs is 1. The Hall–Kier alpha value is -3.37. The molecule has 32 heavy (non-hydrogen) atoms. The second-order valence-electron chi connectivity index (χ2n) is 7.51. The Morgan fingerprint density at radius 2 is 2.12 bits per heavy atom. The minimum Gasteiger partial charge on any atom is -0.380 e. The number of carbonyl (C=O) groups excluding carboxylic acids is 1. The fourth-order valence-corrected chi connectivity index (χ4v) is 4.28. The summed E-state index contributed by atoms with van der Waals surface area (Å²) in [6.45, 7) is 3.02. The SMILES string of the molecule is Cc1ncn(-c2ccc(C(=O)N[C@@H]3CCN(c4ncc(Cl)c5c(N)noc45)C3)c(Cl)c2)n1. The number of rotatable bonds is 4. The quantitative estimate of drug-likeness (QED) is 0.463. The summed E-state index contributed by atoms with van der Waals surface area (Å²) in [5, 5.41) is 12.3. The van der Waals surface area contributed by atoms with Gasteiger partial charge in [-0.1, -0.05) is 28.4 Å². The number of anilines is 2. The molecule has 1 atom stereocenters. The molecule has 0 saturated carbocycles. The monoisotopic (exact) mass is 472 g/mol. The molecule has 0 unspecified atom stereocenters. The Balaban J connectivity index is 1.30. The number of nitrogen functional groups attached to an aromatic ring is 1. The number of halogens is 2. The molecule has 1 amide bonds. The summed E-state index contributed by atoms with van der Waals surface area (Å²) in [7, 11) is 0. The molecule has 1 aromatic carbocycles. The zero-order chi connectivity index (χ0) is 22.4. The zero-order valence-electron chi connectivity index (χ0n) is 16.9. The van der Waals surface area contributed by atoms with E-state index in [1.54, 1.807) is 36.1 Å². The lowest BCUT2D eigenvalue weighted by Gasteiger charge is -2.18. The maximum atomic E-state index is 12.8. The number of amides is 1. The van der Waals surface area contributed by atoms with Crippen LogP contribution in [0.4, 0.5) is 11.6 Å². The van der Waals surface area contributed by atoms with Crippen LogP contribution in [0.5, 0.6) is 0 Å². The summed E-state index contributed by atoms with van der Waals surface area (Å²) in [6.07, 6.45) is 3.85. The van der Waals surface area contributed by atoms with E-state index < -0.39 is 0 Å². The molecule has 3 aromatic heterocycles. The Morgan fingerprint density at radius 3 is 2.88 bits per heavy atom. The summed E-state index contributed by atoms with van der Waals surface area (Å²) in [4.78, 5) is 23.3. The van der Waals surface area contributed by atoms with E-state index in [1.807, 2.05) is 4.90 Å². The van der Waals surface area contributed by atoms with E-state index in [-0.39, 0.29) is 17.8 Å². The van der Waals surface area contributed by atoms with Gasteiger partial charge in [0.25, 0.3) is 5.91 Å². The average molecular weight is 473 g/mol. The Kier molecular flexibility index (Phi) is 5.10. The minimum atomic E-state index is -0.249. The van der Waals surface area contributed by atoms with Gasteiger partial charge in [-0.3, -0.25) is 4.79 Å². The van der Waals surface area contributed by atoms with Crippen molar-refractivity contribution in [1.82, 2.24) is 30.2 Å². The molecule has 10 nitrogen and oxygen atoms in total. The van der Waals surface area contributed by atoms with Gasteiger partial charge in [0.2, 0.25) is 5.58 Å². The van der Waals surface area contributed by atoms with Crippen molar-refractivity contribution < 1.29 is 9.32 Å². The fraction of sp³-hybridized carbons (Fsp3) is 0.250. The molecule has 1 aliphatic heterocycles. The molecule has 12 heteroatoms. The Morgan fingerprint density at radius 1 is 1.28 bits per heavy atom. The first kappa shape index (κ1) is 20.5. The topological polar surface area (TPSA) is 128 Å². The standard InChI is InChI=1S/C20H18Cl2N8O2/c1-10-25-9-30(27-10)12-2-3-13(14(21)6-12)20(31)26-11-4-5-29(8-11)19-17-16(15(22)7-24-19)18(23)28-32-17/h2-3,6-7,9,11H,4-5,8H2,1H3,(H2,23,28)(H,26,31)/t11-/m1/s1. The predicted octanol–water partition coefficient (Wildman–Crippen LogP) is 3.01. The number of nitrogens with one attached hydrogen (secondary N) is 1. The fourth-order valence-electron chi connectivity index (χ4n) is 3.79. The van der Waals surface area contributed by atoms with E-state index in [0.29, 0.717) is 51.3 Å². The van der Waals surface area contributed by atoms with Gasteiger partial charge in [-0.25, -0.2) is 14.6 Å². The van der Waals surface area contributed by atoms with E-state index in [1.165, 1.54) is 6.20 Å². The van der Waals surface area contributed by atoms with Crippen LogP contribution in [-0.2, 0) is 0 Å². The van der Waals surface area contributed by atoms with E-state index in [4.69, 9.17) is 33.5 Å². The van der Waals surface area contributed by atoms with Gasteiger partial charge >= 0.3 is 0 Å². The lowest BCUT2D eigenvalue weighted by atomic mass is 10.1. The second kappa shape index (κ2) is 7.95. The van der Waals surface area contributed by atoms with Crippen molar-refractivity contribution in [2.75, 3.05) is 23.7 Å². The van der Waals surface area contributed by atoms with Crippen molar-refractivity contribution in [1.29, 1.82) is 0 Å². The molecule has 5 rings (SSSR count). The van der Waals surface area contributed by atoms with Gasteiger partial charge in [-0.15, -0.1) is 0 Å². The smallest absolute Gasteiger partial charge is 0.253 e. The van der Waals surface area contributed by atoms with Crippen molar-refractivity contribution in [3.63, 3.8) is 0 Å². The van der Waals surface area contributed by atoms with Gasteiger partial charge in [0.15, 0.2) is 11.6 Å². The molecule has 4 heterocycles. The molecule has 0 bridgehead atoms. The number of carbonyl (C=O) groups is 1. The molecule has 0 radical (unpaired) electrons. The summed E-state index contributed by atoms with van der Waals surface area (Å²) < 4.78 is 6.95. The van der Waals surface area contributed by atoms with Crippen molar-refractivity contribution in [3.05, 3.63) is 52.2 Å². The molecular weight excluding hydrogens is 455 g/mol. The van der Waals surface area contributed by atoms with Gasteiger partial charge in [0.1, 0.15) is 12.2 Å². The van der Waals surface area contributed by atoms with Gasteiger partial charge in [-0.2, -0.15) is 5.10 Å². The van der Waals surface area contributed by atoms with E-state index >= 15 is 0 Å². The number of benzene rings is 1. The van der Waals surface area contributed by atoms with Crippen LogP contribution in [0.1, 0.15) is 22.6 Å². The van der Waals surface area contributed by atoms with Crippen LogP contribution >= 0.6 is 23.2 Å². The normalized spacial score (nSPS) is 16.1. The summed E-state index contributed by atoms with van der Waals surface area (Å²) in [6, 6.07) is 5.05. The van der Waals surface area contributed by atoms with Crippen LogP contribution in [0, 0.1) is 6.92 Å². The number of hydrogen-bond acceptors (Lipinski definition) is 8. The van der Waals surface area contributed by atoms with Crippen molar-refractivity contribution in [2.24, 2.45) is 0 Å². The summed E-state index contributed by atoms with van der Waals surface area (Å²) in [5.74, 6) is 1.21. The van der Waals surface area contributed by atoms with Crippen LogP contribution in [0.25, 0.3) is 16.7 Å². The first-order valence-corrected chi connectivity index (χ1v) is 10.6. The molecular formula is C20H18Cl2N8O2. The van der Waals surface area contributed by atoms with Crippen LogP contribution < -0.4 is 16.0 Å². The van der Waals surface area contributed by atoms with Crippen LogP contribution in [0.2, 0.25) is 10.0 Å². The number of nitrogens with zero attached hydrogens (tertiary/aromatic N) is 6. The van der Waals surface area contributed by atoms with Crippen LogP contribution in [-0.4, -0.2) is 49.9 Å². The number of aromatic nitrogens is 5. The van der Waals surface area contributed by atoms with Gasteiger partial charge in [-0.05, 0) is 31.5 Å². The summed E-state index contributed by atoms with van der Waals surface area (Å²) in [5.41, 5.74) is 7.40. The number of aryl methyl sites for hydroxylation is 1. The highest BCUT2D eigenvalue weighted by Crippen LogP contribution is 2.35. The number of nitrogens with two attached hydrogens (primary N) is 1. The highest BCUT2D eigenvalue weighted by Gasteiger charge is 2.29. The molecule has 0 aliphatic carbocycles. The van der Waals surface area contributed by atoms with Crippen molar-refractivity contribution in [3.8, 4) is 5.69 Å². The van der Waals surface area contributed by atoms with Gasteiger partial charge < -0.3 is 20.5 Å². The van der Waals surface area contributed by atoms with E-state index in [2.05, 4.69) is 25.5 Å². The first-order valence-electron chi connectivity index (χ1n) is 9.84. The maximum Gasteiger partial charge on any atom is 0.253 e. The third kappa shape index (κ3) is 3.61.